The summed E-state index contributed by atoms with van der Waals surface area (Å²) in [5, 5.41) is 2.67. The molecule has 1 atom stereocenters. The quantitative estimate of drug-likeness (QED) is 0.732. The van der Waals surface area contributed by atoms with Crippen LogP contribution in [0.25, 0.3) is 0 Å². The number of hydrogen-bond acceptors (Lipinski definition) is 4. The zero-order valence-corrected chi connectivity index (χ0v) is 15.1. The Morgan fingerprint density at radius 2 is 1.96 bits per heavy atom. The van der Waals surface area contributed by atoms with Crippen molar-refractivity contribution < 1.29 is 19.1 Å². The molecule has 1 aliphatic rings. The first kappa shape index (κ1) is 19.1. The van der Waals surface area contributed by atoms with Crippen molar-refractivity contribution in [2.75, 3.05) is 33.4 Å². The van der Waals surface area contributed by atoms with Crippen LogP contribution < -0.4 is 14.8 Å². The van der Waals surface area contributed by atoms with Gasteiger partial charge in [0.2, 0.25) is 11.8 Å². The van der Waals surface area contributed by atoms with Crippen LogP contribution in [0.15, 0.2) is 24.3 Å². The molecule has 1 saturated heterocycles. The van der Waals surface area contributed by atoms with Crippen molar-refractivity contribution >= 4 is 11.8 Å². The zero-order chi connectivity index (χ0) is 18.1. The van der Waals surface area contributed by atoms with Crippen LogP contribution in [0.4, 0.5) is 0 Å². The van der Waals surface area contributed by atoms with E-state index >= 15 is 0 Å². The van der Waals surface area contributed by atoms with E-state index in [1.54, 1.807) is 11.9 Å². The molecule has 0 radical (unpaired) electrons. The van der Waals surface area contributed by atoms with Gasteiger partial charge in [-0.05, 0) is 38.3 Å². The highest BCUT2D eigenvalue weighted by Crippen LogP contribution is 2.26. The lowest BCUT2D eigenvalue weighted by Crippen LogP contribution is -2.44. The van der Waals surface area contributed by atoms with Gasteiger partial charge in [-0.15, -0.1) is 0 Å². The number of carbonyl (C=O) groups excluding carboxylic acids is 2. The normalized spacial score (nSPS) is 17.0. The maximum absolute atomic E-state index is 12.3. The first-order valence-electron chi connectivity index (χ1n) is 8.99. The van der Waals surface area contributed by atoms with Gasteiger partial charge in [-0.1, -0.05) is 12.1 Å². The SMILES string of the molecule is CCOc1ccccc1OCCCC(=O)N1CCC[C@H](C(=O)NC)C1. The van der Waals surface area contributed by atoms with E-state index in [2.05, 4.69) is 5.32 Å². The van der Waals surface area contributed by atoms with E-state index < -0.39 is 0 Å². The molecular weight excluding hydrogens is 320 g/mol. The van der Waals surface area contributed by atoms with E-state index in [0.29, 0.717) is 38.3 Å². The molecule has 138 valence electrons. The van der Waals surface area contributed by atoms with Gasteiger partial charge in [-0.25, -0.2) is 0 Å². The van der Waals surface area contributed by atoms with Gasteiger partial charge in [0, 0.05) is 26.6 Å². The smallest absolute Gasteiger partial charge is 0.224 e. The third-order valence-corrected chi connectivity index (χ3v) is 4.33. The fourth-order valence-electron chi connectivity index (χ4n) is 3.03. The Balaban J connectivity index is 1.74. The van der Waals surface area contributed by atoms with Crippen molar-refractivity contribution in [3.63, 3.8) is 0 Å². The van der Waals surface area contributed by atoms with E-state index in [1.165, 1.54) is 0 Å². The summed E-state index contributed by atoms with van der Waals surface area (Å²) in [6.07, 6.45) is 2.79. The highest BCUT2D eigenvalue weighted by atomic mass is 16.5. The summed E-state index contributed by atoms with van der Waals surface area (Å²) in [5.41, 5.74) is 0. The predicted molar refractivity (Wildman–Crippen MR) is 95.7 cm³/mol. The number of ether oxygens (including phenoxy) is 2. The van der Waals surface area contributed by atoms with Gasteiger partial charge < -0.3 is 19.7 Å². The Morgan fingerprint density at radius 3 is 2.64 bits per heavy atom. The van der Waals surface area contributed by atoms with Gasteiger partial charge in [-0.3, -0.25) is 9.59 Å². The molecule has 1 N–H and O–H groups in total. The zero-order valence-electron chi connectivity index (χ0n) is 15.1. The number of amides is 2. The second kappa shape index (κ2) is 9.91. The Bertz CT molecular complexity index is 576. The van der Waals surface area contributed by atoms with Gasteiger partial charge in [0.05, 0.1) is 19.1 Å². The van der Waals surface area contributed by atoms with Crippen LogP contribution in [0, 0.1) is 5.92 Å². The molecule has 0 aliphatic carbocycles. The van der Waals surface area contributed by atoms with Crippen molar-refractivity contribution in [2.45, 2.75) is 32.6 Å². The summed E-state index contributed by atoms with van der Waals surface area (Å²) in [6, 6.07) is 7.54. The standard InChI is InChI=1S/C19H28N2O4/c1-3-24-16-9-4-5-10-17(16)25-13-7-11-18(22)21-12-6-8-15(14-21)19(23)20-2/h4-5,9-10,15H,3,6-8,11-14H2,1-2H3,(H,20,23)/t15-/m0/s1. The average Bonchev–Trinajstić information content (AvgIpc) is 2.66. The summed E-state index contributed by atoms with van der Waals surface area (Å²) >= 11 is 0. The van der Waals surface area contributed by atoms with Crippen LogP contribution >= 0.6 is 0 Å². The summed E-state index contributed by atoms with van der Waals surface area (Å²) in [6.45, 7) is 4.23. The number of carbonyl (C=O) groups is 2. The molecule has 6 heteroatoms. The highest BCUT2D eigenvalue weighted by Gasteiger charge is 2.27. The fraction of sp³-hybridized carbons (Fsp3) is 0.579. The van der Waals surface area contributed by atoms with Crippen LogP contribution in [-0.2, 0) is 9.59 Å². The van der Waals surface area contributed by atoms with Gasteiger partial charge in [-0.2, -0.15) is 0 Å². The molecule has 2 amide bonds. The molecule has 1 fully saturated rings. The molecule has 1 aromatic carbocycles. The minimum Gasteiger partial charge on any atom is -0.490 e. The second-order valence-corrected chi connectivity index (χ2v) is 6.12. The maximum Gasteiger partial charge on any atom is 0.224 e. The molecule has 25 heavy (non-hydrogen) atoms. The number of hydrogen-bond donors (Lipinski definition) is 1. The lowest BCUT2D eigenvalue weighted by molar-refractivity contribution is -0.135. The molecule has 0 aromatic heterocycles. The molecule has 0 bridgehead atoms. The van der Waals surface area contributed by atoms with Crippen LogP contribution in [0.5, 0.6) is 11.5 Å². The molecule has 2 rings (SSSR count). The van der Waals surface area contributed by atoms with Crippen molar-refractivity contribution in [1.82, 2.24) is 10.2 Å². The minimum atomic E-state index is -0.0861. The lowest BCUT2D eigenvalue weighted by Gasteiger charge is -2.31. The van der Waals surface area contributed by atoms with E-state index in [1.807, 2.05) is 31.2 Å². The summed E-state index contributed by atoms with van der Waals surface area (Å²) in [4.78, 5) is 25.9. The fourth-order valence-corrected chi connectivity index (χ4v) is 3.03. The molecule has 1 heterocycles. The molecule has 0 unspecified atom stereocenters. The highest BCUT2D eigenvalue weighted by molar-refractivity contribution is 5.81. The predicted octanol–water partition coefficient (Wildman–Crippen LogP) is 2.23. The van der Waals surface area contributed by atoms with Gasteiger partial charge in [0.25, 0.3) is 0 Å². The molecule has 1 aromatic rings. The average molecular weight is 348 g/mol. The summed E-state index contributed by atoms with van der Waals surface area (Å²) < 4.78 is 11.3. The third-order valence-electron chi connectivity index (χ3n) is 4.33. The number of likely N-dealkylation sites (tertiary alicyclic amines) is 1. The number of piperidine rings is 1. The minimum absolute atomic E-state index is 0.0216. The van der Waals surface area contributed by atoms with Crippen molar-refractivity contribution in [2.24, 2.45) is 5.92 Å². The number of nitrogens with zero attached hydrogens (tertiary/aromatic N) is 1. The van der Waals surface area contributed by atoms with Crippen LogP contribution in [-0.4, -0.2) is 50.1 Å². The van der Waals surface area contributed by atoms with Crippen LogP contribution in [0.3, 0.4) is 0 Å². The van der Waals surface area contributed by atoms with E-state index in [9.17, 15) is 9.59 Å². The Kier molecular flexibility index (Phi) is 7.57. The monoisotopic (exact) mass is 348 g/mol. The number of para-hydroxylation sites is 2. The summed E-state index contributed by atoms with van der Waals surface area (Å²) in [5.74, 6) is 1.45. The Hall–Kier alpha value is -2.24. The van der Waals surface area contributed by atoms with E-state index in [0.717, 1.165) is 25.1 Å². The van der Waals surface area contributed by atoms with Crippen LogP contribution in [0.1, 0.15) is 32.6 Å². The number of rotatable bonds is 8. The van der Waals surface area contributed by atoms with Gasteiger partial charge in [0.1, 0.15) is 0 Å². The van der Waals surface area contributed by atoms with Crippen molar-refractivity contribution in [1.29, 1.82) is 0 Å². The van der Waals surface area contributed by atoms with E-state index in [4.69, 9.17) is 9.47 Å². The third kappa shape index (κ3) is 5.66. The summed E-state index contributed by atoms with van der Waals surface area (Å²) in [7, 11) is 1.64. The molecule has 0 saturated carbocycles. The first-order chi connectivity index (χ1) is 12.2. The second-order valence-electron chi connectivity index (χ2n) is 6.12. The van der Waals surface area contributed by atoms with Gasteiger partial charge in [0.15, 0.2) is 11.5 Å². The number of nitrogens with one attached hydrogen (secondary N) is 1. The van der Waals surface area contributed by atoms with Crippen LogP contribution in [0.2, 0.25) is 0 Å². The maximum atomic E-state index is 12.3. The Morgan fingerprint density at radius 1 is 1.24 bits per heavy atom. The van der Waals surface area contributed by atoms with Crippen molar-refractivity contribution in [3.8, 4) is 11.5 Å². The molecule has 1 aliphatic heterocycles. The van der Waals surface area contributed by atoms with Gasteiger partial charge >= 0.3 is 0 Å². The van der Waals surface area contributed by atoms with E-state index in [-0.39, 0.29) is 17.7 Å². The molecule has 6 nitrogen and oxygen atoms in total. The molecular formula is C19H28N2O4. The largest absolute Gasteiger partial charge is 0.490 e. The Labute approximate surface area is 149 Å². The number of benzene rings is 1. The van der Waals surface area contributed by atoms with Crippen molar-refractivity contribution in [3.05, 3.63) is 24.3 Å². The first-order valence-corrected chi connectivity index (χ1v) is 8.99. The lowest BCUT2D eigenvalue weighted by atomic mass is 9.97. The topological polar surface area (TPSA) is 67.9 Å². The molecule has 0 spiro atoms.